The normalized spacial score (nSPS) is 11.0. The molecule has 134 valence electrons. The molecule has 25 heavy (non-hydrogen) atoms. The highest BCUT2D eigenvalue weighted by atomic mass is 32.1. The number of ketones is 1. The van der Waals surface area contributed by atoms with E-state index in [0.717, 1.165) is 17.8 Å². The van der Waals surface area contributed by atoms with Gasteiger partial charge in [0.15, 0.2) is 10.9 Å². The van der Waals surface area contributed by atoms with Gasteiger partial charge in [-0.05, 0) is 52.4 Å². The Morgan fingerprint density at radius 3 is 2.64 bits per heavy atom. The molecule has 0 radical (unpaired) electrons. The predicted molar refractivity (Wildman–Crippen MR) is 103 cm³/mol. The van der Waals surface area contributed by atoms with E-state index in [1.165, 1.54) is 18.3 Å². The second-order valence-corrected chi connectivity index (χ2v) is 7.18. The first-order chi connectivity index (χ1) is 11.8. The van der Waals surface area contributed by atoms with Gasteiger partial charge in [0, 0.05) is 29.2 Å². The SMILES string of the molecule is CC(=O)c1cc(NC(=O)Nc2nc(CN(C)C(C)C)cs2)ccc1C. The minimum Gasteiger partial charge on any atom is -0.308 e. The number of benzene rings is 1. The number of anilines is 2. The lowest BCUT2D eigenvalue weighted by atomic mass is 10.0. The van der Waals surface area contributed by atoms with Crippen molar-refractivity contribution in [2.24, 2.45) is 0 Å². The van der Waals surface area contributed by atoms with Gasteiger partial charge in [-0.2, -0.15) is 0 Å². The van der Waals surface area contributed by atoms with Gasteiger partial charge in [0.1, 0.15) is 0 Å². The Hall–Kier alpha value is -2.25. The molecule has 0 bridgehead atoms. The number of urea groups is 1. The quantitative estimate of drug-likeness (QED) is 0.759. The number of nitrogens with zero attached hydrogens (tertiary/aromatic N) is 2. The highest BCUT2D eigenvalue weighted by Crippen LogP contribution is 2.19. The van der Waals surface area contributed by atoms with E-state index in [-0.39, 0.29) is 11.8 Å². The van der Waals surface area contributed by atoms with Crippen LogP contribution in [0.5, 0.6) is 0 Å². The molecule has 2 amide bonds. The van der Waals surface area contributed by atoms with Crippen LogP contribution in [-0.2, 0) is 6.54 Å². The maximum atomic E-state index is 12.1. The Balaban J connectivity index is 1.98. The fourth-order valence-corrected chi connectivity index (χ4v) is 2.91. The summed E-state index contributed by atoms with van der Waals surface area (Å²) in [7, 11) is 2.04. The van der Waals surface area contributed by atoms with Crippen LogP contribution in [0.3, 0.4) is 0 Å². The number of amides is 2. The lowest BCUT2D eigenvalue weighted by molar-refractivity contribution is 0.101. The van der Waals surface area contributed by atoms with Gasteiger partial charge in [0.25, 0.3) is 0 Å². The molecule has 1 aromatic heterocycles. The summed E-state index contributed by atoms with van der Waals surface area (Å²) in [4.78, 5) is 30.3. The Labute approximate surface area is 152 Å². The molecule has 0 atom stereocenters. The number of hydrogen-bond acceptors (Lipinski definition) is 5. The summed E-state index contributed by atoms with van der Waals surface area (Å²) in [5.41, 5.74) is 2.98. The van der Waals surface area contributed by atoms with E-state index >= 15 is 0 Å². The molecule has 0 aliphatic heterocycles. The van der Waals surface area contributed by atoms with E-state index in [9.17, 15) is 9.59 Å². The average Bonchev–Trinajstić information content (AvgIpc) is 2.95. The molecule has 0 fully saturated rings. The highest BCUT2D eigenvalue weighted by molar-refractivity contribution is 7.13. The summed E-state index contributed by atoms with van der Waals surface area (Å²) in [6, 6.07) is 5.32. The van der Waals surface area contributed by atoms with Crippen molar-refractivity contribution in [1.29, 1.82) is 0 Å². The molecule has 0 aliphatic carbocycles. The minimum absolute atomic E-state index is 0.0274. The first-order valence-electron chi connectivity index (χ1n) is 8.10. The number of carbonyl (C=O) groups is 2. The van der Waals surface area contributed by atoms with Crippen LogP contribution in [0.25, 0.3) is 0 Å². The van der Waals surface area contributed by atoms with Crippen molar-refractivity contribution in [3.63, 3.8) is 0 Å². The molecular formula is C18H24N4O2S. The van der Waals surface area contributed by atoms with Crippen LogP contribution in [0.2, 0.25) is 0 Å². The lowest BCUT2D eigenvalue weighted by Crippen LogP contribution is -2.25. The molecule has 0 unspecified atom stereocenters. The van der Waals surface area contributed by atoms with Crippen molar-refractivity contribution in [2.45, 2.75) is 40.3 Å². The van der Waals surface area contributed by atoms with Crippen LogP contribution in [-0.4, -0.2) is 34.8 Å². The van der Waals surface area contributed by atoms with E-state index in [1.54, 1.807) is 12.1 Å². The number of hydrogen-bond donors (Lipinski definition) is 2. The molecule has 6 nitrogen and oxygen atoms in total. The Morgan fingerprint density at radius 2 is 2.00 bits per heavy atom. The van der Waals surface area contributed by atoms with Gasteiger partial charge in [-0.3, -0.25) is 15.0 Å². The topological polar surface area (TPSA) is 74.3 Å². The number of nitrogens with one attached hydrogen (secondary N) is 2. The highest BCUT2D eigenvalue weighted by Gasteiger charge is 2.11. The van der Waals surface area contributed by atoms with Gasteiger partial charge in [-0.1, -0.05) is 6.07 Å². The Morgan fingerprint density at radius 1 is 1.28 bits per heavy atom. The number of carbonyl (C=O) groups excluding carboxylic acids is 2. The summed E-state index contributed by atoms with van der Waals surface area (Å²) in [5.74, 6) is -0.0274. The lowest BCUT2D eigenvalue weighted by Gasteiger charge is -2.19. The number of thiazole rings is 1. The molecule has 0 saturated heterocycles. The second-order valence-electron chi connectivity index (χ2n) is 6.32. The summed E-state index contributed by atoms with van der Waals surface area (Å²) < 4.78 is 0. The summed E-state index contributed by atoms with van der Waals surface area (Å²) in [5, 5.41) is 7.95. The van der Waals surface area contributed by atoms with E-state index in [2.05, 4.69) is 34.4 Å². The van der Waals surface area contributed by atoms with E-state index in [0.29, 0.717) is 22.4 Å². The van der Waals surface area contributed by atoms with Crippen LogP contribution in [0.4, 0.5) is 15.6 Å². The van der Waals surface area contributed by atoms with E-state index in [4.69, 9.17) is 0 Å². The fourth-order valence-electron chi connectivity index (χ4n) is 2.21. The zero-order valence-electron chi connectivity index (χ0n) is 15.2. The molecule has 2 N–H and O–H groups in total. The van der Waals surface area contributed by atoms with E-state index in [1.807, 2.05) is 25.4 Å². The predicted octanol–water partition coefficient (Wildman–Crippen LogP) is 4.14. The first kappa shape index (κ1) is 19.1. The maximum Gasteiger partial charge on any atom is 0.325 e. The maximum absolute atomic E-state index is 12.1. The largest absolute Gasteiger partial charge is 0.325 e. The number of aryl methyl sites for hydroxylation is 1. The third-order valence-corrected chi connectivity index (χ3v) is 4.75. The molecule has 0 aliphatic rings. The van der Waals surface area contributed by atoms with Crippen molar-refractivity contribution in [3.8, 4) is 0 Å². The number of Topliss-reactive ketones (excluding diaryl/α,β-unsaturated/α-hetero) is 1. The Kier molecular flexibility index (Phi) is 6.27. The zero-order valence-corrected chi connectivity index (χ0v) is 16.0. The van der Waals surface area contributed by atoms with Gasteiger partial charge >= 0.3 is 6.03 Å². The van der Waals surface area contributed by atoms with Crippen molar-refractivity contribution >= 4 is 34.0 Å². The summed E-state index contributed by atoms with van der Waals surface area (Å²) in [6.45, 7) is 8.35. The van der Waals surface area contributed by atoms with Gasteiger partial charge in [0.2, 0.25) is 0 Å². The van der Waals surface area contributed by atoms with Gasteiger partial charge in [-0.15, -0.1) is 11.3 Å². The summed E-state index contributed by atoms with van der Waals surface area (Å²) >= 11 is 1.39. The number of aromatic nitrogens is 1. The number of rotatable bonds is 6. The van der Waals surface area contributed by atoms with Gasteiger partial charge in [0.05, 0.1) is 5.69 Å². The molecule has 0 spiro atoms. The smallest absolute Gasteiger partial charge is 0.308 e. The van der Waals surface area contributed by atoms with Crippen molar-refractivity contribution in [3.05, 3.63) is 40.4 Å². The third-order valence-electron chi connectivity index (χ3n) is 3.94. The molecule has 2 aromatic rings. The van der Waals surface area contributed by atoms with Crippen LogP contribution in [0.15, 0.2) is 23.6 Å². The molecule has 7 heteroatoms. The molecular weight excluding hydrogens is 336 g/mol. The van der Waals surface area contributed by atoms with Crippen molar-refractivity contribution in [1.82, 2.24) is 9.88 Å². The zero-order chi connectivity index (χ0) is 18.6. The summed E-state index contributed by atoms with van der Waals surface area (Å²) in [6.07, 6.45) is 0. The van der Waals surface area contributed by atoms with E-state index < -0.39 is 0 Å². The standard InChI is InChI=1S/C18H24N4O2S/c1-11(2)22(5)9-15-10-25-18(20-15)21-17(24)19-14-7-6-12(3)16(8-14)13(4)23/h6-8,10-11H,9H2,1-5H3,(H2,19,20,21,24). The van der Waals surface area contributed by atoms with Gasteiger partial charge < -0.3 is 5.32 Å². The van der Waals surface area contributed by atoms with Crippen LogP contribution < -0.4 is 10.6 Å². The molecule has 1 aromatic carbocycles. The second kappa shape index (κ2) is 8.22. The van der Waals surface area contributed by atoms with Crippen LogP contribution in [0, 0.1) is 6.92 Å². The molecule has 2 rings (SSSR count). The van der Waals surface area contributed by atoms with Gasteiger partial charge in [-0.25, -0.2) is 9.78 Å². The van der Waals surface area contributed by atoms with Crippen LogP contribution >= 0.6 is 11.3 Å². The fraction of sp³-hybridized carbons (Fsp3) is 0.389. The van der Waals surface area contributed by atoms with Crippen LogP contribution in [0.1, 0.15) is 42.4 Å². The Bertz CT molecular complexity index is 770. The molecule has 0 saturated carbocycles. The van der Waals surface area contributed by atoms with Crippen molar-refractivity contribution in [2.75, 3.05) is 17.7 Å². The average molecular weight is 360 g/mol. The first-order valence-corrected chi connectivity index (χ1v) is 8.98. The monoisotopic (exact) mass is 360 g/mol. The van der Waals surface area contributed by atoms with Crippen molar-refractivity contribution < 1.29 is 9.59 Å². The molecule has 1 heterocycles. The third kappa shape index (κ3) is 5.37. The minimum atomic E-state index is -0.378.